The molecule has 1 aromatic rings. The van der Waals surface area contributed by atoms with E-state index in [1.165, 1.54) is 6.07 Å². The van der Waals surface area contributed by atoms with Crippen LogP contribution in [0.1, 0.15) is 0 Å². The van der Waals surface area contributed by atoms with Crippen molar-refractivity contribution in [3.8, 4) is 0 Å². The average molecular weight is 302 g/mol. The van der Waals surface area contributed by atoms with E-state index in [1.54, 1.807) is 0 Å². The normalized spacial score (nSPS) is 9.79. The zero-order valence-electron chi connectivity index (χ0n) is 9.52. The van der Waals surface area contributed by atoms with Crippen LogP contribution >= 0.6 is 25.3 Å². The van der Waals surface area contributed by atoms with E-state index in [4.69, 9.17) is 0 Å². The lowest BCUT2D eigenvalue weighted by molar-refractivity contribution is -0.393. The Morgan fingerprint density at radius 1 is 1.21 bits per heavy atom. The molecule has 0 unspecified atom stereocenters. The molecule has 10 heteroatoms. The molecule has 0 radical (unpaired) electrons. The standard InChI is InChI=1S/C9H10N4O4S2/c14-12(15)7-1-2-8(9(3-7)13(16)17)11-10-6(4-18)5-19/h1-3,11,18-19H,4-5H2. The molecule has 0 aliphatic carbocycles. The van der Waals surface area contributed by atoms with Crippen molar-refractivity contribution in [3.63, 3.8) is 0 Å². The monoisotopic (exact) mass is 302 g/mol. The Hall–Kier alpha value is -1.81. The Kier molecular flexibility index (Phi) is 5.57. The molecule has 8 nitrogen and oxygen atoms in total. The van der Waals surface area contributed by atoms with Crippen molar-refractivity contribution in [2.24, 2.45) is 5.10 Å². The molecule has 19 heavy (non-hydrogen) atoms. The van der Waals surface area contributed by atoms with Gasteiger partial charge in [-0.1, -0.05) is 0 Å². The highest BCUT2D eigenvalue weighted by Crippen LogP contribution is 2.28. The molecule has 0 fully saturated rings. The van der Waals surface area contributed by atoms with Gasteiger partial charge in [0.2, 0.25) is 0 Å². The van der Waals surface area contributed by atoms with Crippen molar-refractivity contribution in [1.29, 1.82) is 0 Å². The first-order valence-corrected chi connectivity index (χ1v) is 6.22. The fourth-order valence-corrected chi connectivity index (χ4v) is 1.68. The van der Waals surface area contributed by atoms with E-state index in [9.17, 15) is 20.2 Å². The minimum absolute atomic E-state index is 0.0664. The molecule has 0 amide bonds. The highest BCUT2D eigenvalue weighted by atomic mass is 32.1. The minimum atomic E-state index is -0.716. The number of hydrogen-bond acceptors (Lipinski definition) is 8. The molecule has 0 aliphatic rings. The Balaban J connectivity index is 3.10. The minimum Gasteiger partial charge on any atom is -0.272 e. The number of non-ortho nitro benzene ring substituents is 1. The maximum absolute atomic E-state index is 10.8. The van der Waals surface area contributed by atoms with Gasteiger partial charge in [-0.2, -0.15) is 30.4 Å². The summed E-state index contributed by atoms with van der Waals surface area (Å²) in [5.41, 5.74) is 2.36. The molecule has 0 atom stereocenters. The highest BCUT2D eigenvalue weighted by molar-refractivity contribution is 7.82. The third-order valence-corrected chi connectivity index (χ3v) is 2.82. The first kappa shape index (κ1) is 15.2. The lowest BCUT2D eigenvalue weighted by atomic mass is 10.2. The van der Waals surface area contributed by atoms with Crippen LogP contribution in [0.25, 0.3) is 0 Å². The fraction of sp³-hybridized carbons (Fsp3) is 0.222. The van der Waals surface area contributed by atoms with Gasteiger partial charge in [-0.15, -0.1) is 0 Å². The largest absolute Gasteiger partial charge is 0.301 e. The SMILES string of the molecule is O=[N+]([O-])c1ccc(NN=C(CS)CS)c([N+](=O)[O-])c1. The van der Waals surface area contributed by atoms with E-state index in [0.29, 0.717) is 17.2 Å². The van der Waals surface area contributed by atoms with E-state index in [0.717, 1.165) is 12.1 Å². The van der Waals surface area contributed by atoms with Crippen molar-refractivity contribution in [3.05, 3.63) is 38.4 Å². The van der Waals surface area contributed by atoms with Crippen molar-refractivity contribution < 1.29 is 9.85 Å². The predicted molar refractivity (Wildman–Crippen MR) is 78.5 cm³/mol. The zero-order chi connectivity index (χ0) is 14.4. The lowest BCUT2D eigenvalue weighted by Crippen LogP contribution is -2.06. The number of nitro benzene ring substituents is 2. The lowest BCUT2D eigenvalue weighted by Gasteiger charge is -2.04. The van der Waals surface area contributed by atoms with Gasteiger partial charge in [0, 0.05) is 17.6 Å². The van der Waals surface area contributed by atoms with E-state index in [1.807, 2.05) is 0 Å². The van der Waals surface area contributed by atoms with Gasteiger partial charge in [-0.3, -0.25) is 25.7 Å². The van der Waals surface area contributed by atoms with Gasteiger partial charge >= 0.3 is 5.69 Å². The van der Waals surface area contributed by atoms with E-state index in [2.05, 4.69) is 35.8 Å². The van der Waals surface area contributed by atoms with Crippen molar-refractivity contribution >= 4 is 48.0 Å². The molecule has 0 bridgehead atoms. The summed E-state index contributed by atoms with van der Waals surface area (Å²) in [5, 5.41) is 25.3. The van der Waals surface area contributed by atoms with Crippen LogP contribution in [-0.2, 0) is 0 Å². The molecule has 0 saturated carbocycles. The molecule has 0 aliphatic heterocycles. The maximum Gasteiger partial charge on any atom is 0.301 e. The second kappa shape index (κ2) is 6.95. The maximum atomic E-state index is 10.8. The number of nitrogens with zero attached hydrogens (tertiary/aromatic N) is 3. The summed E-state index contributed by atoms with van der Waals surface area (Å²) in [4.78, 5) is 20.0. The number of benzene rings is 1. The van der Waals surface area contributed by atoms with Crippen LogP contribution in [0.3, 0.4) is 0 Å². The van der Waals surface area contributed by atoms with Crippen molar-refractivity contribution in [2.75, 3.05) is 16.9 Å². The van der Waals surface area contributed by atoms with Crippen LogP contribution in [0.15, 0.2) is 23.3 Å². The van der Waals surface area contributed by atoms with Crippen molar-refractivity contribution in [2.45, 2.75) is 0 Å². The van der Waals surface area contributed by atoms with Gasteiger partial charge < -0.3 is 0 Å². The van der Waals surface area contributed by atoms with Gasteiger partial charge in [-0.05, 0) is 6.07 Å². The number of nitrogens with one attached hydrogen (secondary N) is 1. The third kappa shape index (κ3) is 4.10. The summed E-state index contributed by atoms with van der Waals surface area (Å²) in [6, 6.07) is 3.26. The number of thiol groups is 2. The second-order valence-corrected chi connectivity index (χ2v) is 3.95. The van der Waals surface area contributed by atoms with E-state index >= 15 is 0 Å². The molecule has 1 rings (SSSR count). The second-order valence-electron chi connectivity index (χ2n) is 3.32. The molecule has 0 aromatic heterocycles. The van der Waals surface area contributed by atoms with Crippen LogP contribution in [0.2, 0.25) is 0 Å². The smallest absolute Gasteiger partial charge is 0.272 e. The van der Waals surface area contributed by atoms with Crippen LogP contribution in [0, 0.1) is 20.2 Å². The van der Waals surface area contributed by atoms with Crippen LogP contribution < -0.4 is 5.43 Å². The van der Waals surface area contributed by atoms with E-state index < -0.39 is 15.5 Å². The summed E-state index contributed by atoms with van der Waals surface area (Å²) >= 11 is 8.02. The Bertz CT molecular complexity index is 529. The highest BCUT2D eigenvalue weighted by Gasteiger charge is 2.19. The summed E-state index contributed by atoms with van der Waals surface area (Å²) in [5.74, 6) is 0.689. The number of nitro groups is 2. The molecule has 0 spiro atoms. The van der Waals surface area contributed by atoms with Crippen LogP contribution in [0.5, 0.6) is 0 Å². The number of hydrazone groups is 1. The van der Waals surface area contributed by atoms with Gasteiger partial charge in [0.15, 0.2) is 0 Å². The third-order valence-electron chi connectivity index (χ3n) is 2.09. The number of rotatable bonds is 6. The molecule has 1 N–H and O–H groups in total. The van der Waals surface area contributed by atoms with Crippen LogP contribution in [0.4, 0.5) is 17.1 Å². The Labute approximate surface area is 119 Å². The summed E-state index contributed by atoms with van der Waals surface area (Å²) in [6.45, 7) is 0. The predicted octanol–water partition coefficient (Wildman–Crippen LogP) is 2.13. The average Bonchev–Trinajstić information content (AvgIpc) is 2.39. The molecule has 0 saturated heterocycles. The quantitative estimate of drug-likeness (QED) is 0.322. The van der Waals surface area contributed by atoms with Gasteiger partial charge in [0.05, 0.1) is 21.6 Å². The van der Waals surface area contributed by atoms with Crippen LogP contribution in [-0.4, -0.2) is 27.1 Å². The van der Waals surface area contributed by atoms with E-state index in [-0.39, 0.29) is 11.4 Å². The topological polar surface area (TPSA) is 111 Å². The zero-order valence-corrected chi connectivity index (χ0v) is 11.3. The number of hydrogen-bond donors (Lipinski definition) is 3. The number of anilines is 1. The molecular formula is C9H10N4O4S2. The van der Waals surface area contributed by atoms with Gasteiger partial charge in [0.1, 0.15) is 5.69 Å². The summed E-state index contributed by atoms with van der Waals surface area (Å²) < 4.78 is 0. The van der Waals surface area contributed by atoms with Gasteiger partial charge in [-0.25, -0.2) is 0 Å². The first-order valence-electron chi connectivity index (χ1n) is 4.95. The summed E-state index contributed by atoms with van der Waals surface area (Å²) in [7, 11) is 0. The fourth-order valence-electron chi connectivity index (χ4n) is 1.14. The first-order chi connectivity index (χ1) is 8.99. The van der Waals surface area contributed by atoms with Gasteiger partial charge in [0.25, 0.3) is 5.69 Å². The molecule has 1 aromatic carbocycles. The molecular weight excluding hydrogens is 292 g/mol. The summed E-state index contributed by atoms with van der Waals surface area (Å²) in [6.07, 6.45) is 0. The Morgan fingerprint density at radius 3 is 2.32 bits per heavy atom. The Morgan fingerprint density at radius 2 is 1.84 bits per heavy atom. The molecule has 102 valence electrons. The molecule has 0 heterocycles. The van der Waals surface area contributed by atoms with Crippen molar-refractivity contribution in [1.82, 2.24) is 0 Å².